The van der Waals surface area contributed by atoms with Gasteiger partial charge in [-0.25, -0.2) is 9.67 Å². The third-order valence-corrected chi connectivity index (χ3v) is 6.12. The Kier molecular flexibility index (Phi) is 4.00. The molecule has 8 heteroatoms. The number of pyridine rings is 1. The van der Waals surface area contributed by atoms with Gasteiger partial charge < -0.3 is 9.31 Å². The molecule has 2 aromatic rings. The summed E-state index contributed by atoms with van der Waals surface area (Å²) in [6, 6.07) is 1.88. The monoisotopic (exact) mass is 427 g/mol. The Labute approximate surface area is 146 Å². The van der Waals surface area contributed by atoms with Gasteiger partial charge in [0.15, 0.2) is 0 Å². The molecule has 0 unspecified atom stereocenters. The second kappa shape index (κ2) is 5.44. The Bertz CT molecular complexity index is 702. The van der Waals surface area contributed by atoms with Crippen molar-refractivity contribution in [3.63, 3.8) is 0 Å². The summed E-state index contributed by atoms with van der Waals surface area (Å²) in [4.78, 5) is 4.17. The summed E-state index contributed by atoms with van der Waals surface area (Å²) in [5, 5.41) is 4.41. The van der Waals surface area contributed by atoms with Crippen LogP contribution in [0.5, 0.6) is 0 Å². The van der Waals surface area contributed by atoms with E-state index in [1.807, 2.05) is 40.0 Å². The fourth-order valence-electron chi connectivity index (χ4n) is 2.16. The minimum atomic E-state index is -0.414. The van der Waals surface area contributed by atoms with Crippen molar-refractivity contribution in [2.24, 2.45) is 0 Å². The molecule has 3 rings (SSSR count). The Morgan fingerprint density at radius 2 is 1.77 bits per heavy atom. The lowest BCUT2D eigenvalue weighted by atomic mass is 9.82. The molecule has 2 aromatic heterocycles. The maximum absolute atomic E-state index is 6.04. The molecule has 0 atom stereocenters. The lowest BCUT2D eigenvalue weighted by Gasteiger charge is -2.32. The summed E-state index contributed by atoms with van der Waals surface area (Å²) >= 11 is 6.91. The molecule has 0 radical (unpaired) electrons. The minimum absolute atomic E-state index is 0.361. The molecule has 116 valence electrons. The van der Waals surface area contributed by atoms with Crippen molar-refractivity contribution in [2.75, 3.05) is 0 Å². The second-order valence-electron chi connectivity index (χ2n) is 6.24. The molecule has 0 aliphatic carbocycles. The zero-order valence-corrected chi connectivity index (χ0v) is 16.0. The van der Waals surface area contributed by atoms with Gasteiger partial charge in [-0.15, -0.1) is 0 Å². The molecule has 22 heavy (non-hydrogen) atoms. The minimum Gasteiger partial charge on any atom is -0.399 e. The topological polar surface area (TPSA) is 49.2 Å². The Hall–Kier alpha value is -0.695. The zero-order valence-electron chi connectivity index (χ0n) is 12.8. The first-order valence-electron chi connectivity index (χ1n) is 6.92. The summed E-state index contributed by atoms with van der Waals surface area (Å²) in [5.74, 6) is 0. The highest BCUT2D eigenvalue weighted by molar-refractivity contribution is 9.13. The fraction of sp³-hybridized carbons (Fsp3) is 0.429. The van der Waals surface area contributed by atoms with Gasteiger partial charge in [0.1, 0.15) is 4.60 Å². The molecule has 3 heterocycles. The predicted molar refractivity (Wildman–Crippen MR) is 92.5 cm³/mol. The van der Waals surface area contributed by atoms with Crippen molar-refractivity contribution in [2.45, 2.75) is 38.9 Å². The smallest absolute Gasteiger partial charge is 0.399 e. The average molecular weight is 429 g/mol. The number of aromatic nitrogens is 3. The van der Waals surface area contributed by atoms with Crippen LogP contribution in [0.2, 0.25) is 0 Å². The van der Waals surface area contributed by atoms with Gasteiger partial charge in [0, 0.05) is 24.1 Å². The van der Waals surface area contributed by atoms with Gasteiger partial charge in [-0.2, -0.15) is 5.10 Å². The highest BCUT2D eigenvalue weighted by Gasteiger charge is 2.52. The Morgan fingerprint density at radius 3 is 2.41 bits per heavy atom. The first kappa shape index (κ1) is 16.2. The summed E-state index contributed by atoms with van der Waals surface area (Å²) in [5.41, 5.74) is 1.06. The van der Waals surface area contributed by atoms with Gasteiger partial charge in [0.05, 0.1) is 21.4 Å². The first-order valence-corrected chi connectivity index (χ1v) is 8.50. The summed E-state index contributed by atoms with van der Waals surface area (Å²) < 4.78 is 15.4. The largest absolute Gasteiger partial charge is 0.498 e. The third kappa shape index (κ3) is 2.66. The van der Waals surface area contributed by atoms with Crippen LogP contribution in [-0.2, 0) is 9.31 Å². The number of rotatable bonds is 2. The van der Waals surface area contributed by atoms with E-state index in [4.69, 9.17) is 9.31 Å². The van der Waals surface area contributed by atoms with Crippen LogP contribution in [0.25, 0.3) is 5.69 Å². The van der Waals surface area contributed by atoms with Crippen molar-refractivity contribution in [3.8, 4) is 5.69 Å². The van der Waals surface area contributed by atoms with E-state index in [9.17, 15) is 0 Å². The van der Waals surface area contributed by atoms with E-state index >= 15 is 0 Å². The molecule has 0 aromatic carbocycles. The van der Waals surface area contributed by atoms with Crippen molar-refractivity contribution in [1.82, 2.24) is 14.8 Å². The molecule has 0 N–H and O–H groups in total. The second-order valence-corrected chi connectivity index (χ2v) is 7.79. The molecule has 0 spiro atoms. The maximum Gasteiger partial charge on any atom is 0.498 e. The van der Waals surface area contributed by atoms with Gasteiger partial charge in [0.2, 0.25) is 0 Å². The van der Waals surface area contributed by atoms with Gasteiger partial charge in [-0.1, -0.05) is 0 Å². The molecule has 0 amide bonds. The van der Waals surface area contributed by atoms with Crippen LogP contribution in [0.3, 0.4) is 0 Å². The third-order valence-electron chi connectivity index (χ3n) is 4.20. The van der Waals surface area contributed by atoms with Crippen LogP contribution in [0.1, 0.15) is 27.7 Å². The fourth-order valence-corrected chi connectivity index (χ4v) is 2.89. The molecule has 1 saturated heterocycles. The summed E-state index contributed by atoms with van der Waals surface area (Å²) in [6.07, 6.45) is 5.40. The highest BCUT2D eigenvalue weighted by Crippen LogP contribution is 2.36. The lowest BCUT2D eigenvalue weighted by Crippen LogP contribution is -2.41. The SMILES string of the molecule is CC1(C)OB(c2cnn(-c3ccnc(Br)c3Br)c2)OC1(C)C. The Balaban J connectivity index is 1.91. The molecule has 5 nitrogen and oxygen atoms in total. The van der Waals surface area contributed by atoms with Gasteiger partial charge in [0.25, 0.3) is 0 Å². The van der Waals surface area contributed by atoms with Gasteiger partial charge in [-0.05, 0) is 65.6 Å². The van der Waals surface area contributed by atoms with E-state index in [0.717, 1.165) is 20.2 Å². The normalized spacial score (nSPS) is 19.6. The predicted octanol–water partition coefficient (Wildman–Crippen LogP) is 3.09. The van der Waals surface area contributed by atoms with Crippen LogP contribution in [0.4, 0.5) is 0 Å². The van der Waals surface area contributed by atoms with E-state index in [2.05, 4.69) is 41.9 Å². The van der Waals surface area contributed by atoms with E-state index in [0.29, 0.717) is 0 Å². The standard InChI is InChI=1S/C14H16BBr2N3O2/c1-13(2)14(3,4)22-15(21-13)9-7-19-20(8-9)10-5-6-18-12(17)11(10)16/h5-8H,1-4H3. The number of halogens is 2. The number of nitrogens with zero attached hydrogens (tertiary/aromatic N) is 3. The summed E-state index contributed by atoms with van der Waals surface area (Å²) in [7, 11) is -0.414. The highest BCUT2D eigenvalue weighted by atomic mass is 79.9. The van der Waals surface area contributed by atoms with Crippen LogP contribution < -0.4 is 5.46 Å². The lowest BCUT2D eigenvalue weighted by molar-refractivity contribution is 0.00578. The first-order chi connectivity index (χ1) is 10.2. The van der Waals surface area contributed by atoms with E-state index in [1.54, 1.807) is 17.1 Å². The van der Waals surface area contributed by atoms with Crippen molar-refractivity contribution < 1.29 is 9.31 Å². The van der Waals surface area contributed by atoms with Crippen molar-refractivity contribution in [3.05, 3.63) is 33.7 Å². The molecular weight excluding hydrogens is 413 g/mol. The van der Waals surface area contributed by atoms with Crippen molar-refractivity contribution >= 4 is 44.4 Å². The maximum atomic E-state index is 6.04. The summed E-state index contributed by atoms with van der Waals surface area (Å²) in [6.45, 7) is 8.14. The van der Waals surface area contributed by atoms with Gasteiger partial charge >= 0.3 is 7.12 Å². The van der Waals surface area contributed by atoms with Crippen molar-refractivity contribution in [1.29, 1.82) is 0 Å². The molecule has 1 aliphatic rings. The van der Waals surface area contributed by atoms with E-state index in [1.165, 1.54) is 0 Å². The zero-order chi connectivity index (χ0) is 16.1. The number of hydrogen-bond acceptors (Lipinski definition) is 4. The Morgan fingerprint density at radius 1 is 1.14 bits per heavy atom. The quantitative estimate of drug-likeness (QED) is 0.545. The molecule has 1 aliphatic heterocycles. The van der Waals surface area contributed by atoms with E-state index in [-0.39, 0.29) is 11.2 Å². The van der Waals surface area contributed by atoms with Crippen LogP contribution in [0.15, 0.2) is 33.7 Å². The molecule has 0 saturated carbocycles. The van der Waals surface area contributed by atoms with Crippen LogP contribution >= 0.6 is 31.9 Å². The molecular formula is C14H16BBr2N3O2. The van der Waals surface area contributed by atoms with Crippen LogP contribution in [-0.4, -0.2) is 33.1 Å². The number of hydrogen-bond donors (Lipinski definition) is 0. The van der Waals surface area contributed by atoms with E-state index < -0.39 is 7.12 Å². The van der Waals surface area contributed by atoms with Gasteiger partial charge in [-0.3, -0.25) is 0 Å². The van der Waals surface area contributed by atoms with Crippen LogP contribution in [0, 0.1) is 0 Å². The molecule has 1 fully saturated rings. The average Bonchev–Trinajstić information content (AvgIpc) is 2.97. The molecule has 0 bridgehead atoms.